The van der Waals surface area contributed by atoms with Gasteiger partial charge in [-0.2, -0.15) is 5.10 Å². The van der Waals surface area contributed by atoms with Crippen LogP contribution in [0.3, 0.4) is 0 Å². The van der Waals surface area contributed by atoms with Gasteiger partial charge < -0.3 is 5.32 Å². The van der Waals surface area contributed by atoms with E-state index in [-0.39, 0.29) is 17.7 Å². The standard InChI is InChI=1S/C20H29N3O2/c1-3-4-10-19(24)23-22-15(2)16-11-13-18(14-12-16)21-20(25)17-8-6-5-7-9-17/h11-14,17H,3-10H2,1-2H3,(H,21,25)(H,23,24). The van der Waals surface area contributed by atoms with Crippen molar-refractivity contribution < 1.29 is 9.59 Å². The molecule has 1 saturated carbocycles. The number of carbonyl (C=O) groups is 2. The fourth-order valence-electron chi connectivity index (χ4n) is 3.01. The zero-order valence-electron chi connectivity index (χ0n) is 15.3. The molecule has 2 rings (SSSR count). The molecule has 0 unspecified atom stereocenters. The smallest absolute Gasteiger partial charge is 0.240 e. The molecule has 2 N–H and O–H groups in total. The van der Waals surface area contributed by atoms with Gasteiger partial charge in [0.2, 0.25) is 11.8 Å². The zero-order chi connectivity index (χ0) is 18.1. The van der Waals surface area contributed by atoms with Gasteiger partial charge in [-0.25, -0.2) is 5.43 Å². The average molecular weight is 343 g/mol. The van der Waals surface area contributed by atoms with E-state index in [0.29, 0.717) is 6.42 Å². The molecule has 1 aromatic rings. The fraction of sp³-hybridized carbons (Fsp3) is 0.550. The minimum Gasteiger partial charge on any atom is -0.326 e. The van der Waals surface area contributed by atoms with Crippen LogP contribution in [0.4, 0.5) is 5.69 Å². The zero-order valence-corrected chi connectivity index (χ0v) is 15.3. The van der Waals surface area contributed by atoms with Gasteiger partial charge in [-0.1, -0.05) is 44.7 Å². The summed E-state index contributed by atoms with van der Waals surface area (Å²) in [7, 11) is 0. The third-order valence-corrected chi connectivity index (χ3v) is 4.65. The van der Waals surface area contributed by atoms with E-state index in [1.54, 1.807) is 0 Å². The van der Waals surface area contributed by atoms with E-state index in [4.69, 9.17) is 0 Å². The molecule has 0 saturated heterocycles. The van der Waals surface area contributed by atoms with E-state index < -0.39 is 0 Å². The Hall–Kier alpha value is -2.17. The van der Waals surface area contributed by atoms with Crippen molar-refractivity contribution in [3.05, 3.63) is 29.8 Å². The number of rotatable bonds is 7. The number of hydrazone groups is 1. The number of amides is 2. The number of anilines is 1. The third-order valence-electron chi connectivity index (χ3n) is 4.65. The molecule has 0 radical (unpaired) electrons. The number of nitrogens with one attached hydrogen (secondary N) is 2. The van der Waals surface area contributed by atoms with Crippen LogP contribution < -0.4 is 10.7 Å². The van der Waals surface area contributed by atoms with E-state index in [1.807, 2.05) is 31.2 Å². The minimum atomic E-state index is -0.0578. The highest BCUT2D eigenvalue weighted by atomic mass is 16.2. The molecule has 0 aromatic heterocycles. The number of unbranched alkanes of at least 4 members (excludes halogenated alkanes) is 1. The van der Waals surface area contributed by atoms with Crippen molar-refractivity contribution in [1.82, 2.24) is 5.43 Å². The lowest BCUT2D eigenvalue weighted by molar-refractivity contribution is -0.121. The largest absolute Gasteiger partial charge is 0.326 e. The number of nitrogens with zero attached hydrogens (tertiary/aromatic N) is 1. The molecule has 1 fully saturated rings. The second kappa shape index (κ2) is 9.97. The molecule has 5 nitrogen and oxygen atoms in total. The molecular formula is C20H29N3O2. The first-order chi connectivity index (χ1) is 12.1. The van der Waals surface area contributed by atoms with Gasteiger partial charge in [0.1, 0.15) is 0 Å². The first-order valence-electron chi connectivity index (χ1n) is 9.34. The van der Waals surface area contributed by atoms with Gasteiger partial charge in [0.05, 0.1) is 5.71 Å². The Morgan fingerprint density at radius 2 is 1.80 bits per heavy atom. The number of carbonyl (C=O) groups excluding carboxylic acids is 2. The molecule has 25 heavy (non-hydrogen) atoms. The van der Waals surface area contributed by atoms with Crippen LogP contribution in [0.25, 0.3) is 0 Å². The van der Waals surface area contributed by atoms with Crippen molar-refractivity contribution in [3.8, 4) is 0 Å². The summed E-state index contributed by atoms with van der Waals surface area (Å²) in [5.74, 6) is 0.216. The Morgan fingerprint density at radius 1 is 1.12 bits per heavy atom. The number of hydrogen-bond donors (Lipinski definition) is 2. The third kappa shape index (κ3) is 6.33. The Kier molecular flexibility index (Phi) is 7.64. The Morgan fingerprint density at radius 3 is 2.44 bits per heavy atom. The summed E-state index contributed by atoms with van der Waals surface area (Å²) < 4.78 is 0. The molecule has 0 bridgehead atoms. The van der Waals surface area contributed by atoms with E-state index in [9.17, 15) is 9.59 Å². The Bertz CT molecular complexity index is 602. The molecule has 0 spiro atoms. The van der Waals surface area contributed by atoms with Gasteiger partial charge in [0.15, 0.2) is 0 Å². The van der Waals surface area contributed by atoms with E-state index in [1.165, 1.54) is 6.42 Å². The van der Waals surface area contributed by atoms with Gasteiger partial charge in [-0.05, 0) is 43.9 Å². The molecule has 5 heteroatoms. The lowest BCUT2D eigenvalue weighted by atomic mass is 9.88. The predicted molar refractivity (Wildman–Crippen MR) is 102 cm³/mol. The highest BCUT2D eigenvalue weighted by Crippen LogP contribution is 2.25. The second-order valence-corrected chi connectivity index (χ2v) is 6.74. The van der Waals surface area contributed by atoms with Gasteiger partial charge in [0, 0.05) is 18.0 Å². The highest BCUT2D eigenvalue weighted by molar-refractivity contribution is 6.00. The minimum absolute atomic E-state index is 0.0578. The lowest BCUT2D eigenvalue weighted by Crippen LogP contribution is -2.24. The van der Waals surface area contributed by atoms with Gasteiger partial charge in [-0.15, -0.1) is 0 Å². The van der Waals surface area contributed by atoms with Crippen molar-refractivity contribution in [1.29, 1.82) is 0 Å². The van der Waals surface area contributed by atoms with E-state index >= 15 is 0 Å². The topological polar surface area (TPSA) is 70.6 Å². The molecule has 0 heterocycles. The highest BCUT2D eigenvalue weighted by Gasteiger charge is 2.20. The van der Waals surface area contributed by atoms with Crippen molar-refractivity contribution >= 4 is 23.2 Å². The molecular weight excluding hydrogens is 314 g/mol. The molecule has 136 valence electrons. The summed E-state index contributed by atoms with van der Waals surface area (Å²) in [5.41, 5.74) is 5.06. The summed E-state index contributed by atoms with van der Waals surface area (Å²) in [6, 6.07) is 7.59. The summed E-state index contributed by atoms with van der Waals surface area (Å²) in [6.07, 6.45) is 7.89. The van der Waals surface area contributed by atoms with Crippen molar-refractivity contribution in [2.45, 2.75) is 65.2 Å². The van der Waals surface area contributed by atoms with E-state index in [0.717, 1.165) is 55.5 Å². The molecule has 0 atom stereocenters. The van der Waals surface area contributed by atoms with E-state index in [2.05, 4.69) is 22.8 Å². The predicted octanol–water partition coefficient (Wildman–Crippen LogP) is 4.24. The fourth-order valence-corrected chi connectivity index (χ4v) is 3.01. The maximum Gasteiger partial charge on any atom is 0.240 e. The summed E-state index contributed by atoms with van der Waals surface area (Å²) in [5, 5.41) is 7.14. The SMILES string of the molecule is CCCCC(=O)NN=C(C)c1ccc(NC(=O)C2CCCCC2)cc1. The van der Waals surface area contributed by atoms with Gasteiger partial charge in [0.25, 0.3) is 0 Å². The quantitative estimate of drug-likeness (QED) is 0.574. The van der Waals surface area contributed by atoms with Gasteiger partial charge in [-0.3, -0.25) is 9.59 Å². The van der Waals surface area contributed by atoms with Crippen molar-refractivity contribution in [3.63, 3.8) is 0 Å². The maximum absolute atomic E-state index is 12.3. The molecule has 0 aliphatic heterocycles. The number of hydrogen-bond acceptors (Lipinski definition) is 3. The number of benzene rings is 1. The van der Waals surface area contributed by atoms with Crippen molar-refractivity contribution in [2.24, 2.45) is 11.0 Å². The van der Waals surface area contributed by atoms with Crippen LogP contribution in [-0.2, 0) is 9.59 Å². The molecule has 1 aliphatic rings. The van der Waals surface area contributed by atoms with Crippen LogP contribution in [0.5, 0.6) is 0 Å². The molecule has 1 aliphatic carbocycles. The monoisotopic (exact) mass is 343 g/mol. The van der Waals surface area contributed by atoms with Gasteiger partial charge >= 0.3 is 0 Å². The first kappa shape index (κ1) is 19.2. The van der Waals surface area contributed by atoms with Crippen LogP contribution in [-0.4, -0.2) is 17.5 Å². The molecule has 1 aromatic carbocycles. The summed E-state index contributed by atoms with van der Waals surface area (Å²) >= 11 is 0. The van der Waals surface area contributed by atoms with Crippen LogP contribution in [0, 0.1) is 5.92 Å². The summed E-state index contributed by atoms with van der Waals surface area (Å²) in [6.45, 7) is 3.91. The lowest BCUT2D eigenvalue weighted by Gasteiger charge is -2.20. The Labute approximate surface area is 150 Å². The van der Waals surface area contributed by atoms with Crippen LogP contribution >= 0.6 is 0 Å². The van der Waals surface area contributed by atoms with Crippen LogP contribution in [0.15, 0.2) is 29.4 Å². The second-order valence-electron chi connectivity index (χ2n) is 6.74. The first-order valence-corrected chi connectivity index (χ1v) is 9.34. The summed E-state index contributed by atoms with van der Waals surface area (Å²) in [4.78, 5) is 23.9. The van der Waals surface area contributed by atoms with Crippen LogP contribution in [0.1, 0.15) is 70.8 Å². The Balaban J connectivity index is 1.87. The maximum atomic E-state index is 12.3. The van der Waals surface area contributed by atoms with Crippen molar-refractivity contribution in [2.75, 3.05) is 5.32 Å². The van der Waals surface area contributed by atoms with Crippen LogP contribution in [0.2, 0.25) is 0 Å². The average Bonchev–Trinajstić information content (AvgIpc) is 2.65. The molecule has 2 amide bonds. The normalized spacial score (nSPS) is 15.7.